The van der Waals surface area contributed by atoms with Gasteiger partial charge >= 0.3 is 0 Å². The summed E-state index contributed by atoms with van der Waals surface area (Å²) in [6, 6.07) is 6.28. The van der Waals surface area contributed by atoms with E-state index in [2.05, 4.69) is 30.9 Å². The van der Waals surface area contributed by atoms with E-state index >= 15 is 0 Å². The predicted octanol–water partition coefficient (Wildman–Crippen LogP) is 5.65. The minimum atomic E-state index is 0.312. The molecular weight excluding hydrogens is 350 g/mol. The molecule has 2 aliphatic rings. The molecule has 1 aromatic carbocycles. The van der Waals surface area contributed by atoms with Gasteiger partial charge in [0.15, 0.2) is 11.5 Å². The molecule has 2 fully saturated rings. The van der Waals surface area contributed by atoms with Crippen LogP contribution in [0.15, 0.2) is 18.2 Å². The van der Waals surface area contributed by atoms with Crippen LogP contribution in [0.5, 0.6) is 11.5 Å². The lowest BCUT2D eigenvalue weighted by Gasteiger charge is -2.18. The Morgan fingerprint density at radius 2 is 1.89 bits per heavy atom. The molecule has 1 heterocycles. The maximum atomic E-state index is 12.5. The molecule has 1 saturated carbocycles. The Hall–Kier alpha value is -1.71. The fourth-order valence-electron chi connectivity index (χ4n) is 3.82. The van der Waals surface area contributed by atoms with Crippen molar-refractivity contribution >= 4 is 5.91 Å². The van der Waals surface area contributed by atoms with Crippen molar-refractivity contribution < 1.29 is 14.3 Å². The van der Waals surface area contributed by atoms with E-state index in [0.717, 1.165) is 50.5 Å². The van der Waals surface area contributed by atoms with Gasteiger partial charge in [0.2, 0.25) is 5.91 Å². The number of unbranched alkanes of at least 4 members (excludes halogenated alkanes) is 2. The van der Waals surface area contributed by atoms with Gasteiger partial charge in [-0.1, -0.05) is 46.6 Å². The van der Waals surface area contributed by atoms with Crippen molar-refractivity contribution in [1.82, 2.24) is 4.90 Å². The zero-order chi connectivity index (χ0) is 20.5. The SMILES string of the molecule is CC.CCCCCC(=O)N1CC(C)C(c2ccc(OC)c(OCC3CC3)c2)C1. The van der Waals surface area contributed by atoms with Crippen molar-refractivity contribution in [1.29, 1.82) is 0 Å². The van der Waals surface area contributed by atoms with Gasteiger partial charge in [0.05, 0.1) is 13.7 Å². The van der Waals surface area contributed by atoms with Crippen LogP contribution < -0.4 is 9.47 Å². The number of carbonyl (C=O) groups is 1. The van der Waals surface area contributed by atoms with Gasteiger partial charge in [-0.2, -0.15) is 0 Å². The standard InChI is InChI=1S/C22H33NO3.C2H6/c1-4-5-6-7-22(24)23-13-16(2)19(14-23)18-10-11-20(25-3)21(12-18)26-15-17-8-9-17;1-2/h10-12,16-17,19H,4-9,13-15H2,1-3H3;1-2H3. The third-order valence-corrected chi connectivity index (χ3v) is 5.75. The molecule has 2 unspecified atom stereocenters. The highest BCUT2D eigenvalue weighted by molar-refractivity contribution is 5.76. The number of rotatable bonds is 9. The van der Waals surface area contributed by atoms with Crippen LogP contribution in [0.4, 0.5) is 0 Å². The first-order valence-corrected chi connectivity index (χ1v) is 11.2. The van der Waals surface area contributed by atoms with E-state index in [-0.39, 0.29) is 0 Å². The molecule has 1 aliphatic heterocycles. The van der Waals surface area contributed by atoms with Gasteiger partial charge in [0.1, 0.15) is 0 Å². The van der Waals surface area contributed by atoms with Gasteiger partial charge < -0.3 is 14.4 Å². The third-order valence-electron chi connectivity index (χ3n) is 5.75. The van der Waals surface area contributed by atoms with E-state index in [4.69, 9.17) is 9.47 Å². The number of methoxy groups -OCH3 is 1. The molecule has 1 saturated heterocycles. The molecule has 2 atom stereocenters. The molecule has 4 nitrogen and oxygen atoms in total. The summed E-state index contributed by atoms with van der Waals surface area (Å²) in [6.07, 6.45) is 6.53. The highest BCUT2D eigenvalue weighted by atomic mass is 16.5. The van der Waals surface area contributed by atoms with Gasteiger partial charge in [-0.3, -0.25) is 4.79 Å². The Morgan fingerprint density at radius 3 is 2.54 bits per heavy atom. The molecule has 0 spiro atoms. The highest BCUT2D eigenvalue weighted by Crippen LogP contribution is 2.38. The smallest absolute Gasteiger partial charge is 0.222 e. The molecule has 158 valence electrons. The Bertz CT molecular complexity index is 612. The summed E-state index contributed by atoms with van der Waals surface area (Å²) in [7, 11) is 1.69. The van der Waals surface area contributed by atoms with E-state index < -0.39 is 0 Å². The van der Waals surface area contributed by atoms with Crippen molar-refractivity contribution in [3.05, 3.63) is 23.8 Å². The van der Waals surface area contributed by atoms with Crippen molar-refractivity contribution in [2.45, 2.75) is 72.1 Å². The number of benzene rings is 1. The van der Waals surface area contributed by atoms with Gasteiger partial charge in [0, 0.05) is 25.4 Å². The summed E-state index contributed by atoms with van der Waals surface area (Å²) in [5.41, 5.74) is 1.26. The number of likely N-dealkylation sites (tertiary alicyclic amines) is 1. The van der Waals surface area contributed by atoms with Crippen LogP contribution in [-0.4, -0.2) is 37.6 Å². The maximum Gasteiger partial charge on any atom is 0.222 e. The van der Waals surface area contributed by atoms with Crippen LogP contribution in [0, 0.1) is 11.8 Å². The normalized spacial score (nSPS) is 21.1. The zero-order valence-corrected chi connectivity index (χ0v) is 18.5. The molecule has 0 aromatic heterocycles. The van der Waals surface area contributed by atoms with E-state index in [9.17, 15) is 4.79 Å². The first kappa shape index (κ1) is 22.6. The van der Waals surface area contributed by atoms with Crippen LogP contribution in [0.1, 0.15) is 77.7 Å². The topological polar surface area (TPSA) is 38.8 Å². The summed E-state index contributed by atoms with van der Waals surface area (Å²) in [6.45, 7) is 10.9. The van der Waals surface area contributed by atoms with Crippen LogP contribution in [0.2, 0.25) is 0 Å². The molecule has 1 amide bonds. The van der Waals surface area contributed by atoms with Crippen molar-refractivity contribution in [2.75, 3.05) is 26.8 Å². The van der Waals surface area contributed by atoms with Gasteiger partial charge in [-0.25, -0.2) is 0 Å². The van der Waals surface area contributed by atoms with E-state index in [1.807, 2.05) is 19.9 Å². The van der Waals surface area contributed by atoms with Gasteiger partial charge in [-0.15, -0.1) is 0 Å². The predicted molar refractivity (Wildman–Crippen MR) is 115 cm³/mol. The number of hydrogen-bond donors (Lipinski definition) is 0. The zero-order valence-electron chi connectivity index (χ0n) is 18.5. The molecule has 4 heteroatoms. The fourth-order valence-corrected chi connectivity index (χ4v) is 3.82. The molecule has 1 aliphatic carbocycles. The quantitative estimate of drug-likeness (QED) is 0.512. The fraction of sp³-hybridized carbons (Fsp3) is 0.708. The second kappa shape index (κ2) is 11.3. The lowest BCUT2D eigenvalue weighted by Crippen LogP contribution is -2.28. The molecule has 28 heavy (non-hydrogen) atoms. The lowest BCUT2D eigenvalue weighted by molar-refractivity contribution is -0.130. The average molecular weight is 390 g/mol. The highest BCUT2D eigenvalue weighted by Gasteiger charge is 2.33. The largest absolute Gasteiger partial charge is 0.493 e. The number of amides is 1. The number of ether oxygens (including phenoxy) is 2. The lowest BCUT2D eigenvalue weighted by atomic mass is 9.90. The molecule has 3 rings (SSSR count). The molecular formula is C24H39NO3. The number of hydrogen-bond acceptors (Lipinski definition) is 3. The summed E-state index contributed by atoms with van der Waals surface area (Å²) in [5, 5.41) is 0. The molecule has 0 bridgehead atoms. The van der Waals surface area contributed by atoms with Crippen LogP contribution >= 0.6 is 0 Å². The second-order valence-corrected chi connectivity index (χ2v) is 8.00. The molecule has 0 radical (unpaired) electrons. The number of nitrogens with zero attached hydrogens (tertiary/aromatic N) is 1. The first-order chi connectivity index (χ1) is 13.6. The molecule has 1 aromatic rings. The molecule has 0 N–H and O–H groups in total. The summed E-state index contributed by atoms with van der Waals surface area (Å²) >= 11 is 0. The summed E-state index contributed by atoms with van der Waals surface area (Å²) in [4.78, 5) is 14.5. The Kier molecular flexibility index (Phi) is 9.14. The van der Waals surface area contributed by atoms with Crippen LogP contribution in [0.3, 0.4) is 0 Å². The third kappa shape index (κ3) is 6.15. The maximum absolute atomic E-state index is 12.5. The van der Waals surface area contributed by atoms with Gasteiger partial charge in [-0.05, 0) is 48.8 Å². The van der Waals surface area contributed by atoms with Crippen molar-refractivity contribution in [2.24, 2.45) is 11.8 Å². The van der Waals surface area contributed by atoms with Crippen LogP contribution in [-0.2, 0) is 4.79 Å². The first-order valence-electron chi connectivity index (χ1n) is 11.2. The van der Waals surface area contributed by atoms with Gasteiger partial charge in [0.25, 0.3) is 0 Å². The minimum Gasteiger partial charge on any atom is -0.493 e. The Morgan fingerprint density at radius 1 is 1.14 bits per heavy atom. The van der Waals surface area contributed by atoms with E-state index in [1.54, 1.807) is 7.11 Å². The second-order valence-electron chi connectivity index (χ2n) is 8.00. The van der Waals surface area contributed by atoms with E-state index in [0.29, 0.717) is 30.1 Å². The Labute approximate surface area is 171 Å². The van der Waals surface area contributed by atoms with E-state index in [1.165, 1.54) is 18.4 Å². The number of carbonyl (C=O) groups excluding carboxylic acids is 1. The minimum absolute atomic E-state index is 0.312. The van der Waals surface area contributed by atoms with Crippen LogP contribution in [0.25, 0.3) is 0 Å². The Balaban J connectivity index is 0.00000136. The summed E-state index contributed by atoms with van der Waals surface area (Å²) < 4.78 is 11.5. The summed E-state index contributed by atoms with van der Waals surface area (Å²) in [5.74, 6) is 3.51. The van der Waals surface area contributed by atoms with Crippen molar-refractivity contribution in [3.63, 3.8) is 0 Å². The monoisotopic (exact) mass is 389 g/mol. The average Bonchev–Trinajstić information content (AvgIpc) is 3.47. The van der Waals surface area contributed by atoms with Crippen molar-refractivity contribution in [3.8, 4) is 11.5 Å².